The van der Waals surface area contributed by atoms with Crippen molar-refractivity contribution < 1.29 is 14.6 Å². The van der Waals surface area contributed by atoms with Crippen LogP contribution in [0, 0.1) is 6.92 Å². The first-order valence-electron chi connectivity index (χ1n) is 5.43. The van der Waals surface area contributed by atoms with Gasteiger partial charge in [-0.25, -0.2) is 0 Å². The average Bonchev–Trinajstić information content (AvgIpc) is 2.28. The fourth-order valence-electron chi connectivity index (χ4n) is 1.62. The Morgan fingerprint density at radius 2 is 2.00 bits per heavy atom. The molecule has 0 heterocycles. The SMILES string of the molecule is COc1ccc(C)cc1CC(O)C(C)OC. The van der Waals surface area contributed by atoms with Crippen LogP contribution in [0.1, 0.15) is 18.1 Å². The number of benzene rings is 1. The molecule has 0 saturated heterocycles. The van der Waals surface area contributed by atoms with Crippen molar-refractivity contribution in [1.29, 1.82) is 0 Å². The summed E-state index contributed by atoms with van der Waals surface area (Å²) >= 11 is 0. The Kier molecular flexibility index (Phi) is 4.77. The van der Waals surface area contributed by atoms with Crippen molar-refractivity contribution in [2.45, 2.75) is 32.5 Å². The fraction of sp³-hybridized carbons (Fsp3) is 0.538. The van der Waals surface area contributed by atoms with Gasteiger partial charge in [0, 0.05) is 13.5 Å². The second kappa shape index (κ2) is 5.87. The van der Waals surface area contributed by atoms with Crippen LogP contribution in [0.15, 0.2) is 18.2 Å². The fourth-order valence-corrected chi connectivity index (χ4v) is 1.62. The first-order chi connectivity index (χ1) is 7.58. The van der Waals surface area contributed by atoms with E-state index in [9.17, 15) is 5.11 Å². The van der Waals surface area contributed by atoms with E-state index in [4.69, 9.17) is 9.47 Å². The summed E-state index contributed by atoms with van der Waals surface area (Å²) in [4.78, 5) is 0. The van der Waals surface area contributed by atoms with Crippen molar-refractivity contribution in [1.82, 2.24) is 0 Å². The molecule has 0 fully saturated rings. The molecule has 0 aromatic heterocycles. The quantitative estimate of drug-likeness (QED) is 0.830. The molecule has 0 radical (unpaired) electrons. The lowest BCUT2D eigenvalue weighted by Gasteiger charge is -2.18. The van der Waals surface area contributed by atoms with E-state index in [1.165, 1.54) is 0 Å². The minimum Gasteiger partial charge on any atom is -0.496 e. The van der Waals surface area contributed by atoms with Gasteiger partial charge in [-0.05, 0) is 25.5 Å². The lowest BCUT2D eigenvalue weighted by atomic mass is 10.0. The summed E-state index contributed by atoms with van der Waals surface area (Å²) in [5, 5.41) is 9.90. The van der Waals surface area contributed by atoms with Crippen LogP contribution in [0.5, 0.6) is 5.75 Å². The Morgan fingerprint density at radius 3 is 2.56 bits per heavy atom. The number of hydrogen-bond acceptors (Lipinski definition) is 3. The van der Waals surface area contributed by atoms with E-state index in [1.807, 2.05) is 32.0 Å². The summed E-state index contributed by atoms with van der Waals surface area (Å²) in [6.45, 7) is 3.88. The molecule has 0 saturated carbocycles. The third-order valence-electron chi connectivity index (χ3n) is 2.78. The Labute approximate surface area is 97.0 Å². The lowest BCUT2D eigenvalue weighted by Crippen LogP contribution is -2.27. The van der Waals surface area contributed by atoms with Gasteiger partial charge in [-0.2, -0.15) is 0 Å². The van der Waals surface area contributed by atoms with Gasteiger partial charge in [0.25, 0.3) is 0 Å². The van der Waals surface area contributed by atoms with Crippen LogP contribution in [0.25, 0.3) is 0 Å². The van der Waals surface area contributed by atoms with Gasteiger partial charge in [0.2, 0.25) is 0 Å². The van der Waals surface area contributed by atoms with Crippen LogP contribution in [0.4, 0.5) is 0 Å². The van der Waals surface area contributed by atoms with E-state index in [-0.39, 0.29) is 6.10 Å². The van der Waals surface area contributed by atoms with Gasteiger partial charge in [0.15, 0.2) is 0 Å². The molecule has 0 spiro atoms. The smallest absolute Gasteiger partial charge is 0.122 e. The van der Waals surface area contributed by atoms with E-state index in [0.717, 1.165) is 16.9 Å². The molecule has 0 amide bonds. The summed E-state index contributed by atoms with van der Waals surface area (Å²) in [6.07, 6.45) is -0.147. The van der Waals surface area contributed by atoms with Gasteiger partial charge in [0.05, 0.1) is 19.3 Å². The predicted molar refractivity (Wildman–Crippen MR) is 63.9 cm³/mol. The summed E-state index contributed by atoms with van der Waals surface area (Å²) in [5.74, 6) is 0.813. The molecule has 3 nitrogen and oxygen atoms in total. The standard InChI is InChI=1S/C13H20O3/c1-9-5-6-13(16-4)11(7-9)8-12(14)10(2)15-3/h5-7,10,12,14H,8H2,1-4H3. The third-order valence-corrected chi connectivity index (χ3v) is 2.78. The largest absolute Gasteiger partial charge is 0.496 e. The van der Waals surface area contributed by atoms with Gasteiger partial charge in [-0.3, -0.25) is 0 Å². The molecule has 2 unspecified atom stereocenters. The highest BCUT2D eigenvalue weighted by molar-refractivity contribution is 5.37. The second-order valence-corrected chi connectivity index (χ2v) is 4.03. The van der Waals surface area contributed by atoms with Crippen molar-refractivity contribution in [2.24, 2.45) is 0 Å². The van der Waals surface area contributed by atoms with Crippen molar-refractivity contribution in [3.8, 4) is 5.75 Å². The maximum atomic E-state index is 9.90. The average molecular weight is 224 g/mol. The number of aliphatic hydroxyl groups excluding tert-OH is 1. The zero-order valence-electron chi connectivity index (χ0n) is 10.4. The molecule has 1 N–H and O–H groups in total. The van der Waals surface area contributed by atoms with Crippen LogP contribution in [-0.4, -0.2) is 31.5 Å². The lowest BCUT2D eigenvalue weighted by molar-refractivity contribution is 0.000174. The maximum Gasteiger partial charge on any atom is 0.122 e. The van der Waals surface area contributed by atoms with Crippen LogP contribution >= 0.6 is 0 Å². The zero-order chi connectivity index (χ0) is 12.1. The molecule has 16 heavy (non-hydrogen) atoms. The Morgan fingerprint density at radius 1 is 1.31 bits per heavy atom. The number of hydrogen-bond donors (Lipinski definition) is 1. The molecule has 0 aliphatic heterocycles. The third kappa shape index (κ3) is 3.22. The Bertz CT molecular complexity index is 336. The number of methoxy groups -OCH3 is 2. The monoisotopic (exact) mass is 224 g/mol. The summed E-state index contributed by atoms with van der Waals surface area (Å²) in [7, 11) is 3.24. The maximum absolute atomic E-state index is 9.90. The van der Waals surface area contributed by atoms with Gasteiger partial charge in [0.1, 0.15) is 5.75 Å². The summed E-state index contributed by atoms with van der Waals surface area (Å²) < 4.78 is 10.4. The summed E-state index contributed by atoms with van der Waals surface area (Å²) in [6, 6.07) is 5.95. The topological polar surface area (TPSA) is 38.7 Å². The van der Waals surface area contributed by atoms with E-state index in [2.05, 4.69) is 0 Å². The molecule has 1 rings (SSSR count). The van der Waals surface area contributed by atoms with Gasteiger partial charge >= 0.3 is 0 Å². The van der Waals surface area contributed by atoms with E-state index in [1.54, 1.807) is 14.2 Å². The molecular formula is C13H20O3. The van der Waals surface area contributed by atoms with E-state index in [0.29, 0.717) is 6.42 Å². The molecule has 0 aliphatic rings. The highest BCUT2D eigenvalue weighted by Crippen LogP contribution is 2.22. The molecule has 0 aliphatic carbocycles. The Hall–Kier alpha value is -1.06. The molecule has 1 aromatic rings. The minimum absolute atomic E-state index is 0.176. The normalized spacial score (nSPS) is 14.6. The van der Waals surface area contributed by atoms with Gasteiger partial charge in [-0.15, -0.1) is 0 Å². The van der Waals surface area contributed by atoms with E-state index >= 15 is 0 Å². The number of aliphatic hydroxyl groups is 1. The predicted octanol–water partition coefficient (Wildman–Crippen LogP) is 1.94. The van der Waals surface area contributed by atoms with Crippen LogP contribution in [0.3, 0.4) is 0 Å². The molecular weight excluding hydrogens is 204 g/mol. The number of ether oxygens (including phenoxy) is 2. The first-order valence-corrected chi connectivity index (χ1v) is 5.43. The number of rotatable bonds is 5. The molecule has 2 atom stereocenters. The summed E-state index contributed by atoms with van der Waals surface area (Å²) in [5.41, 5.74) is 2.17. The molecule has 0 bridgehead atoms. The van der Waals surface area contributed by atoms with Crippen LogP contribution < -0.4 is 4.74 Å². The van der Waals surface area contributed by atoms with Crippen molar-refractivity contribution in [3.63, 3.8) is 0 Å². The van der Waals surface area contributed by atoms with Crippen molar-refractivity contribution in [3.05, 3.63) is 29.3 Å². The Balaban J connectivity index is 2.82. The van der Waals surface area contributed by atoms with Gasteiger partial charge < -0.3 is 14.6 Å². The molecule has 90 valence electrons. The van der Waals surface area contributed by atoms with Gasteiger partial charge in [-0.1, -0.05) is 17.7 Å². The van der Waals surface area contributed by atoms with E-state index < -0.39 is 6.10 Å². The van der Waals surface area contributed by atoms with Crippen molar-refractivity contribution in [2.75, 3.05) is 14.2 Å². The number of aryl methyl sites for hydroxylation is 1. The van der Waals surface area contributed by atoms with Crippen LogP contribution in [-0.2, 0) is 11.2 Å². The molecule has 3 heteroatoms. The minimum atomic E-state index is -0.513. The van der Waals surface area contributed by atoms with Crippen molar-refractivity contribution >= 4 is 0 Å². The molecule has 1 aromatic carbocycles. The van der Waals surface area contributed by atoms with Crippen LogP contribution in [0.2, 0.25) is 0 Å². The first kappa shape index (κ1) is 13.0. The highest BCUT2D eigenvalue weighted by Gasteiger charge is 2.16. The zero-order valence-corrected chi connectivity index (χ0v) is 10.4. The second-order valence-electron chi connectivity index (χ2n) is 4.03. The highest BCUT2D eigenvalue weighted by atomic mass is 16.5.